The number of aromatic nitrogens is 1. The molecular formula is C18H22N4O3S. The van der Waals surface area contributed by atoms with Crippen molar-refractivity contribution in [2.75, 3.05) is 31.2 Å². The van der Waals surface area contributed by atoms with Crippen LogP contribution in [0.4, 0.5) is 5.13 Å². The summed E-state index contributed by atoms with van der Waals surface area (Å²) in [7, 11) is 0. The lowest BCUT2D eigenvalue weighted by Gasteiger charge is -2.25. The number of rotatable bonds is 5. The molecular weight excluding hydrogens is 352 g/mol. The van der Waals surface area contributed by atoms with Crippen molar-refractivity contribution in [1.29, 1.82) is 0 Å². The predicted octanol–water partition coefficient (Wildman–Crippen LogP) is 2.77. The molecule has 2 fully saturated rings. The molecule has 4 rings (SSSR count). The summed E-state index contributed by atoms with van der Waals surface area (Å²) >= 11 is 1.39. The van der Waals surface area contributed by atoms with E-state index in [0.717, 1.165) is 24.0 Å². The van der Waals surface area contributed by atoms with Crippen LogP contribution in [0.15, 0.2) is 21.7 Å². The Balaban J connectivity index is 1.37. The Kier molecular flexibility index (Phi) is 4.78. The Hall–Kier alpha value is -2.19. The van der Waals surface area contributed by atoms with Gasteiger partial charge in [-0.3, -0.25) is 4.79 Å². The summed E-state index contributed by atoms with van der Waals surface area (Å²) < 4.78 is 11.1. The zero-order valence-corrected chi connectivity index (χ0v) is 15.7. The van der Waals surface area contributed by atoms with Crippen molar-refractivity contribution < 1.29 is 13.9 Å². The van der Waals surface area contributed by atoms with Crippen molar-refractivity contribution in [2.45, 2.75) is 26.2 Å². The summed E-state index contributed by atoms with van der Waals surface area (Å²) in [5.74, 6) is 2.62. The first kappa shape index (κ1) is 17.2. The fourth-order valence-corrected chi connectivity index (χ4v) is 4.05. The maximum Gasteiger partial charge on any atom is 0.283 e. The molecule has 1 aliphatic heterocycles. The quantitative estimate of drug-likeness (QED) is 0.643. The standard InChI is InChI=1S/C18H22N4O3S/c1-11-9-14(11)15-4-3-13(25-15)10-19-21-17(23)16-12(2)20-18(26-16)22-5-7-24-8-6-22/h3-4,10-11,14H,5-9H2,1-2H3,(H,21,23)/b19-10-/t11-,14+/m1/s1. The van der Waals surface area contributed by atoms with Crippen LogP contribution in [0.2, 0.25) is 0 Å². The Morgan fingerprint density at radius 1 is 1.42 bits per heavy atom. The van der Waals surface area contributed by atoms with Gasteiger partial charge in [0.2, 0.25) is 0 Å². The Labute approximate surface area is 156 Å². The van der Waals surface area contributed by atoms with E-state index in [1.165, 1.54) is 24.0 Å². The largest absolute Gasteiger partial charge is 0.460 e. The van der Waals surface area contributed by atoms with Gasteiger partial charge in [0.15, 0.2) is 5.13 Å². The van der Waals surface area contributed by atoms with Gasteiger partial charge in [-0.1, -0.05) is 18.3 Å². The molecule has 1 saturated carbocycles. The summed E-state index contributed by atoms with van der Waals surface area (Å²) in [6.07, 6.45) is 2.71. The minimum Gasteiger partial charge on any atom is -0.460 e. The normalized spacial score (nSPS) is 22.8. The summed E-state index contributed by atoms with van der Waals surface area (Å²) in [5, 5.41) is 4.88. The number of furan rings is 1. The molecule has 1 saturated heterocycles. The van der Waals surface area contributed by atoms with E-state index in [4.69, 9.17) is 9.15 Å². The lowest BCUT2D eigenvalue weighted by molar-refractivity contribution is 0.0958. The van der Waals surface area contributed by atoms with Crippen LogP contribution in [0.25, 0.3) is 0 Å². The van der Waals surface area contributed by atoms with Crippen LogP contribution in [-0.4, -0.2) is 43.4 Å². The molecule has 1 amide bonds. The molecule has 2 aromatic rings. The van der Waals surface area contributed by atoms with Crippen molar-refractivity contribution in [3.63, 3.8) is 0 Å². The van der Waals surface area contributed by atoms with E-state index < -0.39 is 0 Å². The lowest BCUT2D eigenvalue weighted by atomic mass is 10.3. The van der Waals surface area contributed by atoms with Crippen molar-refractivity contribution in [1.82, 2.24) is 10.4 Å². The van der Waals surface area contributed by atoms with Gasteiger partial charge in [-0.25, -0.2) is 10.4 Å². The molecule has 26 heavy (non-hydrogen) atoms. The number of amides is 1. The second kappa shape index (κ2) is 7.20. The zero-order chi connectivity index (χ0) is 18.1. The fraction of sp³-hybridized carbons (Fsp3) is 0.500. The SMILES string of the molecule is Cc1nc(N2CCOCC2)sc1C(=O)N/N=C\c1ccc([C@H]2C[C@H]2C)o1. The number of aryl methyl sites for hydroxylation is 1. The van der Waals surface area contributed by atoms with Crippen molar-refractivity contribution in [3.05, 3.63) is 34.2 Å². The van der Waals surface area contributed by atoms with E-state index in [1.54, 1.807) is 0 Å². The molecule has 0 spiro atoms. The van der Waals surface area contributed by atoms with Gasteiger partial charge in [-0.2, -0.15) is 5.10 Å². The molecule has 8 heteroatoms. The molecule has 7 nitrogen and oxygen atoms in total. The van der Waals surface area contributed by atoms with Gasteiger partial charge in [0.05, 0.1) is 25.1 Å². The molecule has 0 unspecified atom stereocenters. The van der Waals surface area contributed by atoms with E-state index in [0.29, 0.717) is 41.4 Å². The average molecular weight is 374 g/mol. The average Bonchev–Trinajstić information content (AvgIpc) is 3.05. The molecule has 2 atom stereocenters. The summed E-state index contributed by atoms with van der Waals surface area (Å²) in [6, 6.07) is 3.86. The van der Waals surface area contributed by atoms with Crippen LogP contribution in [0.5, 0.6) is 0 Å². The van der Waals surface area contributed by atoms with Gasteiger partial charge in [-0.05, 0) is 31.4 Å². The second-order valence-corrected chi connectivity index (χ2v) is 7.75. The smallest absolute Gasteiger partial charge is 0.283 e. The number of thiazole rings is 1. The highest BCUT2D eigenvalue weighted by Gasteiger charge is 2.36. The molecule has 0 aromatic carbocycles. The summed E-state index contributed by atoms with van der Waals surface area (Å²) in [6.45, 7) is 7.03. The van der Waals surface area contributed by atoms with Gasteiger partial charge in [0, 0.05) is 19.0 Å². The van der Waals surface area contributed by atoms with Gasteiger partial charge in [0.25, 0.3) is 5.91 Å². The third-order valence-electron chi connectivity index (χ3n) is 4.75. The van der Waals surface area contributed by atoms with Crippen LogP contribution >= 0.6 is 11.3 Å². The maximum absolute atomic E-state index is 12.4. The number of anilines is 1. The van der Waals surface area contributed by atoms with E-state index in [9.17, 15) is 4.79 Å². The Morgan fingerprint density at radius 2 is 2.19 bits per heavy atom. The highest BCUT2D eigenvalue weighted by atomic mass is 32.1. The molecule has 138 valence electrons. The topological polar surface area (TPSA) is 80.0 Å². The molecule has 2 aliphatic rings. The maximum atomic E-state index is 12.4. The minimum atomic E-state index is -0.252. The van der Waals surface area contributed by atoms with Gasteiger partial charge < -0.3 is 14.1 Å². The van der Waals surface area contributed by atoms with Crippen molar-refractivity contribution in [2.24, 2.45) is 11.0 Å². The second-order valence-electron chi connectivity index (χ2n) is 6.77. The third kappa shape index (κ3) is 3.66. The van der Waals surface area contributed by atoms with Crippen LogP contribution in [0, 0.1) is 12.8 Å². The summed E-state index contributed by atoms with van der Waals surface area (Å²) in [4.78, 5) is 19.6. The fourth-order valence-electron chi connectivity index (χ4n) is 3.04. The van der Waals surface area contributed by atoms with Crippen molar-refractivity contribution >= 4 is 28.6 Å². The molecule has 0 bridgehead atoms. The number of carbonyl (C=O) groups excluding carboxylic acids is 1. The van der Waals surface area contributed by atoms with Crippen LogP contribution in [0.1, 0.15) is 46.1 Å². The third-order valence-corrected chi connectivity index (χ3v) is 5.97. The molecule has 2 aromatic heterocycles. The first-order valence-electron chi connectivity index (χ1n) is 8.85. The monoisotopic (exact) mass is 374 g/mol. The predicted molar refractivity (Wildman–Crippen MR) is 100 cm³/mol. The van der Waals surface area contributed by atoms with E-state index in [1.807, 2.05) is 19.1 Å². The minimum absolute atomic E-state index is 0.252. The number of nitrogens with zero attached hydrogens (tertiary/aromatic N) is 3. The van der Waals surface area contributed by atoms with Crippen LogP contribution in [0.3, 0.4) is 0 Å². The van der Waals surface area contributed by atoms with E-state index in [2.05, 4.69) is 27.3 Å². The van der Waals surface area contributed by atoms with Crippen LogP contribution in [-0.2, 0) is 4.74 Å². The number of carbonyl (C=O) groups is 1. The van der Waals surface area contributed by atoms with Gasteiger partial charge in [0.1, 0.15) is 16.4 Å². The Bertz CT molecular complexity index is 822. The summed E-state index contributed by atoms with van der Waals surface area (Å²) in [5.41, 5.74) is 3.28. The number of hydrogen-bond donors (Lipinski definition) is 1. The molecule has 1 N–H and O–H groups in total. The van der Waals surface area contributed by atoms with Gasteiger partial charge in [-0.15, -0.1) is 0 Å². The zero-order valence-electron chi connectivity index (χ0n) is 14.9. The first-order chi connectivity index (χ1) is 12.6. The number of morpholine rings is 1. The van der Waals surface area contributed by atoms with E-state index in [-0.39, 0.29) is 5.91 Å². The molecule has 3 heterocycles. The molecule has 0 radical (unpaired) electrons. The van der Waals surface area contributed by atoms with Crippen LogP contribution < -0.4 is 10.3 Å². The first-order valence-corrected chi connectivity index (χ1v) is 9.66. The van der Waals surface area contributed by atoms with E-state index >= 15 is 0 Å². The highest BCUT2D eigenvalue weighted by molar-refractivity contribution is 7.17. The Morgan fingerprint density at radius 3 is 2.92 bits per heavy atom. The lowest BCUT2D eigenvalue weighted by Crippen LogP contribution is -2.36. The molecule has 1 aliphatic carbocycles. The number of nitrogens with one attached hydrogen (secondary N) is 1. The highest BCUT2D eigenvalue weighted by Crippen LogP contribution is 2.47. The number of ether oxygens (including phenoxy) is 1. The van der Waals surface area contributed by atoms with Crippen molar-refractivity contribution in [3.8, 4) is 0 Å². The number of hydrazone groups is 1. The van der Waals surface area contributed by atoms with Gasteiger partial charge >= 0.3 is 0 Å². The number of hydrogen-bond acceptors (Lipinski definition) is 7.